The van der Waals surface area contributed by atoms with Crippen LogP contribution < -0.4 is 10.2 Å². The normalized spacial score (nSPS) is 10.6. The first-order valence-electron chi connectivity index (χ1n) is 5.89. The average Bonchev–Trinajstić information content (AvgIpc) is 2.26. The maximum atomic E-state index is 4.56. The van der Waals surface area contributed by atoms with Gasteiger partial charge in [-0.05, 0) is 6.92 Å². The topological polar surface area (TPSA) is 41.1 Å². The maximum Gasteiger partial charge on any atom is 0.147 e. The van der Waals surface area contributed by atoms with Gasteiger partial charge < -0.3 is 10.2 Å². The minimum Gasteiger partial charge on any atom is -0.354 e. The molecule has 0 saturated carbocycles. The molecule has 94 valence electrons. The molecule has 0 bridgehead atoms. The van der Waals surface area contributed by atoms with Crippen molar-refractivity contribution in [2.45, 2.75) is 33.4 Å². The van der Waals surface area contributed by atoms with Crippen molar-refractivity contribution in [3.63, 3.8) is 0 Å². The molecule has 0 atom stereocenters. The van der Waals surface area contributed by atoms with Crippen molar-refractivity contribution in [2.24, 2.45) is 0 Å². The molecule has 1 N–H and O–H groups in total. The number of aromatic nitrogens is 2. The van der Waals surface area contributed by atoms with E-state index in [0.717, 1.165) is 30.2 Å². The van der Waals surface area contributed by atoms with Gasteiger partial charge in [-0.3, -0.25) is 4.98 Å². The van der Waals surface area contributed by atoms with Crippen LogP contribution in [0.2, 0.25) is 0 Å². The zero-order valence-electron chi connectivity index (χ0n) is 11.2. The molecule has 0 radical (unpaired) electrons. The summed E-state index contributed by atoms with van der Waals surface area (Å²) < 4.78 is 0. The molecule has 4 nitrogen and oxygen atoms in total. The van der Waals surface area contributed by atoms with Gasteiger partial charge in [-0.2, -0.15) is 0 Å². The van der Waals surface area contributed by atoms with Crippen LogP contribution in [-0.4, -0.2) is 29.6 Å². The van der Waals surface area contributed by atoms with E-state index in [4.69, 9.17) is 0 Å². The lowest BCUT2D eigenvalue weighted by Crippen LogP contribution is -2.24. The van der Waals surface area contributed by atoms with E-state index in [1.54, 1.807) is 12.4 Å². The Morgan fingerprint density at radius 2 is 2.18 bits per heavy atom. The molecule has 0 aromatic carbocycles. The van der Waals surface area contributed by atoms with Gasteiger partial charge in [-0.25, -0.2) is 4.98 Å². The Bertz CT molecular complexity index is 373. The van der Waals surface area contributed by atoms with Gasteiger partial charge in [-0.15, -0.1) is 0 Å². The molecule has 0 saturated heterocycles. The molecule has 4 heteroatoms. The molecule has 1 heterocycles. The zero-order valence-corrected chi connectivity index (χ0v) is 11.2. The van der Waals surface area contributed by atoms with Crippen molar-refractivity contribution in [1.29, 1.82) is 0 Å². The third-order valence-corrected chi connectivity index (χ3v) is 2.26. The first kappa shape index (κ1) is 13.6. The van der Waals surface area contributed by atoms with E-state index in [1.807, 2.05) is 18.9 Å². The third-order valence-electron chi connectivity index (χ3n) is 2.26. The summed E-state index contributed by atoms with van der Waals surface area (Å²) in [7, 11) is 2.00. The first-order valence-corrected chi connectivity index (χ1v) is 5.89. The molecule has 0 aliphatic carbocycles. The molecule has 0 fully saturated rings. The third kappa shape index (κ3) is 4.95. The van der Waals surface area contributed by atoms with E-state index in [9.17, 15) is 0 Å². The second-order valence-electron chi connectivity index (χ2n) is 4.72. The number of anilines is 1. The number of hydrogen-bond acceptors (Lipinski definition) is 4. The molecule has 0 aliphatic rings. The van der Waals surface area contributed by atoms with Crippen LogP contribution in [0.1, 0.15) is 26.5 Å². The smallest absolute Gasteiger partial charge is 0.147 e. The standard InChI is InChI=1S/C13H22N4/c1-10(2)9-17(5)13-8-14-6-12(16-13)7-15-11(3)4/h6,8,11,15H,1,7,9H2,2-5H3. The summed E-state index contributed by atoms with van der Waals surface area (Å²) >= 11 is 0. The van der Waals surface area contributed by atoms with Gasteiger partial charge in [0.05, 0.1) is 11.9 Å². The number of nitrogens with zero attached hydrogens (tertiary/aromatic N) is 3. The highest BCUT2D eigenvalue weighted by Gasteiger charge is 2.04. The van der Waals surface area contributed by atoms with Crippen LogP contribution in [0.5, 0.6) is 0 Å². The number of nitrogens with one attached hydrogen (secondary N) is 1. The Balaban J connectivity index is 2.67. The second-order valence-corrected chi connectivity index (χ2v) is 4.72. The van der Waals surface area contributed by atoms with Crippen LogP contribution >= 0.6 is 0 Å². The minimum atomic E-state index is 0.452. The molecule has 0 spiro atoms. The highest BCUT2D eigenvalue weighted by atomic mass is 15.2. The van der Waals surface area contributed by atoms with Gasteiger partial charge in [0, 0.05) is 32.4 Å². The fourth-order valence-electron chi connectivity index (χ4n) is 1.46. The zero-order chi connectivity index (χ0) is 12.8. The Kier molecular flexibility index (Phi) is 5.10. The minimum absolute atomic E-state index is 0.452. The molecule has 1 aromatic heterocycles. The van der Waals surface area contributed by atoms with Gasteiger partial charge in [0.15, 0.2) is 0 Å². The van der Waals surface area contributed by atoms with E-state index in [1.165, 1.54) is 0 Å². The van der Waals surface area contributed by atoms with E-state index in [0.29, 0.717) is 6.04 Å². The van der Waals surface area contributed by atoms with Gasteiger partial charge >= 0.3 is 0 Å². The molecule has 17 heavy (non-hydrogen) atoms. The second kappa shape index (κ2) is 6.35. The van der Waals surface area contributed by atoms with Crippen molar-refractivity contribution in [1.82, 2.24) is 15.3 Å². The number of likely N-dealkylation sites (N-methyl/N-ethyl adjacent to an activating group) is 1. The molecule has 0 amide bonds. The first-order chi connectivity index (χ1) is 7.99. The van der Waals surface area contributed by atoms with Crippen molar-refractivity contribution in [3.8, 4) is 0 Å². The predicted octanol–water partition coefficient (Wildman–Crippen LogP) is 1.99. The van der Waals surface area contributed by atoms with Crippen molar-refractivity contribution in [2.75, 3.05) is 18.5 Å². The van der Waals surface area contributed by atoms with Gasteiger partial charge in [-0.1, -0.05) is 26.0 Å². The Hall–Kier alpha value is -1.42. The number of hydrogen-bond donors (Lipinski definition) is 1. The molecule has 0 unspecified atom stereocenters. The van der Waals surface area contributed by atoms with E-state index >= 15 is 0 Å². The van der Waals surface area contributed by atoms with Crippen molar-refractivity contribution < 1.29 is 0 Å². The Morgan fingerprint density at radius 1 is 1.47 bits per heavy atom. The molecule has 1 rings (SSSR count). The van der Waals surface area contributed by atoms with Crippen LogP contribution in [0.25, 0.3) is 0 Å². The molecular weight excluding hydrogens is 212 g/mol. The maximum absolute atomic E-state index is 4.56. The highest BCUT2D eigenvalue weighted by molar-refractivity contribution is 5.36. The van der Waals surface area contributed by atoms with Crippen LogP contribution in [0.3, 0.4) is 0 Å². The van der Waals surface area contributed by atoms with Gasteiger partial charge in [0.1, 0.15) is 5.82 Å². The monoisotopic (exact) mass is 234 g/mol. The lowest BCUT2D eigenvalue weighted by Gasteiger charge is -2.18. The SMILES string of the molecule is C=C(C)CN(C)c1cncc(CNC(C)C)n1. The summed E-state index contributed by atoms with van der Waals surface area (Å²) in [6.45, 7) is 11.7. The molecule has 1 aromatic rings. The van der Waals surface area contributed by atoms with E-state index in [2.05, 4.69) is 35.7 Å². The predicted molar refractivity (Wildman–Crippen MR) is 72.1 cm³/mol. The lowest BCUT2D eigenvalue weighted by molar-refractivity contribution is 0.580. The molecule has 0 aliphatic heterocycles. The largest absolute Gasteiger partial charge is 0.354 e. The molecular formula is C13H22N4. The summed E-state index contributed by atoms with van der Waals surface area (Å²) in [5.41, 5.74) is 2.07. The summed E-state index contributed by atoms with van der Waals surface area (Å²) in [5.74, 6) is 0.885. The Morgan fingerprint density at radius 3 is 2.76 bits per heavy atom. The van der Waals surface area contributed by atoms with Gasteiger partial charge in [0.25, 0.3) is 0 Å². The van der Waals surface area contributed by atoms with Gasteiger partial charge in [0.2, 0.25) is 0 Å². The van der Waals surface area contributed by atoms with E-state index < -0.39 is 0 Å². The summed E-state index contributed by atoms with van der Waals surface area (Å²) in [6.07, 6.45) is 3.58. The highest BCUT2D eigenvalue weighted by Crippen LogP contribution is 2.09. The quantitative estimate of drug-likeness (QED) is 0.764. The Labute approximate surface area is 104 Å². The van der Waals surface area contributed by atoms with Crippen molar-refractivity contribution >= 4 is 5.82 Å². The van der Waals surface area contributed by atoms with Crippen LogP contribution in [0, 0.1) is 0 Å². The van der Waals surface area contributed by atoms with Crippen LogP contribution in [0.4, 0.5) is 5.82 Å². The van der Waals surface area contributed by atoms with Crippen molar-refractivity contribution in [3.05, 3.63) is 30.2 Å². The average molecular weight is 234 g/mol. The van der Waals surface area contributed by atoms with Crippen LogP contribution in [0.15, 0.2) is 24.5 Å². The summed E-state index contributed by atoms with van der Waals surface area (Å²) in [5, 5.41) is 3.33. The van der Waals surface area contributed by atoms with E-state index in [-0.39, 0.29) is 0 Å². The number of rotatable bonds is 6. The summed E-state index contributed by atoms with van der Waals surface area (Å²) in [6, 6.07) is 0.452. The fourth-order valence-corrected chi connectivity index (χ4v) is 1.46. The lowest BCUT2D eigenvalue weighted by atomic mass is 10.3. The summed E-state index contributed by atoms with van der Waals surface area (Å²) in [4.78, 5) is 10.8. The fraction of sp³-hybridized carbons (Fsp3) is 0.538. The van der Waals surface area contributed by atoms with Crippen LogP contribution in [-0.2, 0) is 6.54 Å².